The number of thiazole rings is 1. The summed E-state index contributed by atoms with van der Waals surface area (Å²) >= 11 is 1.68. The van der Waals surface area contributed by atoms with Crippen LogP contribution in [0.4, 0.5) is 13.2 Å². The maximum Gasteiger partial charge on any atom is 0.416 e. The predicted octanol–water partition coefficient (Wildman–Crippen LogP) is 4.67. The first-order chi connectivity index (χ1) is 14.4. The number of piperazine rings is 1. The number of carbonyl (C=O) groups is 1. The smallest absolute Gasteiger partial charge is 0.337 e. The monoisotopic (exact) mass is 431 g/mol. The number of alkyl halides is 3. The number of rotatable bonds is 4. The third-order valence-corrected chi connectivity index (χ3v) is 6.03. The lowest BCUT2D eigenvalue weighted by molar-refractivity contribution is -0.137. The number of hydrogen-bond donors (Lipinski definition) is 0. The van der Waals surface area contributed by atoms with Crippen LogP contribution in [-0.4, -0.2) is 46.9 Å². The molecular formula is C22H20F3N3OS. The molecule has 1 saturated heterocycles. The number of fused-ring (bicyclic) bond motifs is 1. The minimum atomic E-state index is -4.40. The topological polar surface area (TPSA) is 36.4 Å². The SMILES string of the molecule is O=C(/C=C/c1cccc(C(F)(F)F)c1)N1CCN(Cc2nc3ccccc3s2)CC1. The molecular weight excluding hydrogens is 411 g/mol. The number of aromatic nitrogens is 1. The maximum atomic E-state index is 12.8. The summed E-state index contributed by atoms with van der Waals surface area (Å²) in [7, 11) is 0. The lowest BCUT2D eigenvalue weighted by Crippen LogP contribution is -2.47. The quantitative estimate of drug-likeness (QED) is 0.563. The van der Waals surface area contributed by atoms with E-state index in [1.54, 1.807) is 22.3 Å². The van der Waals surface area contributed by atoms with Crippen LogP contribution >= 0.6 is 11.3 Å². The summed E-state index contributed by atoms with van der Waals surface area (Å²) < 4.78 is 39.6. The van der Waals surface area contributed by atoms with E-state index < -0.39 is 11.7 Å². The molecule has 2 aromatic carbocycles. The van der Waals surface area contributed by atoms with Gasteiger partial charge in [-0.05, 0) is 35.9 Å². The lowest BCUT2D eigenvalue weighted by atomic mass is 10.1. The molecule has 30 heavy (non-hydrogen) atoms. The van der Waals surface area contributed by atoms with Gasteiger partial charge in [0.25, 0.3) is 0 Å². The number of nitrogens with zero attached hydrogens (tertiary/aromatic N) is 3. The number of halogens is 3. The zero-order valence-corrected chi connectivity index (χ0v) is 16.9. The van der Waals surface area contributed by atoms with E-state index >= 15 is 0 Å². The second-order valence-electron chi connectivity index (χ2n) is 7.13. The molecule has 0 atom stereocenters. The average molecular weight is 431 g/mol. The van der Waals surface area contributed by atoms with Crippen LogP contribution in [0.3, 0.4) is 0 Å². The summed E-state index contributed by atoms with van der Waals surface area (Å²) in [6.07, 6.45) is -1.61. The molecule has 8 heteroatoms. The largest absolute Gasteiger partial charge is 0.416 e. The van der Waals surface area contributed by atoms with Crippen molar-refractivity contribution in [1.82, 2.24) is 14.8 Å². The van der Waals surface area contributed by atoms with Gasteiger partial charge in [-0.15, -0.1) is 11.3 Å². The van der Waals surface area contributed by atoms with Crippen molar-refractivity contribution >= 4 is 33.5 Å². The Morgan fingerprint density at radius 2 is 1.83 bits per heavy atom. The molecule has 0 bridgehead atoms. The predicted molar refractivity (Wildman–Crippen MR) is 112 cm³/mol. The minimum absolute atomic E-state index is 0.188. The fourth-order valence-corrected chi connectivity index (χ4v) is 4.41. The Labute approximate surface area is 176 Å². The van der Waals surface area contributed by atoms with Crippen molar-refractivity contribution < 1.29 is 18.0 Å². The van der Waals surface area contributed by atoms with Gasteiger partial charge in [0.1, 0.15) is 5.01 Å². The van der Waals surface area contributed by atoms with Crippen LogP contribution in [0.2, 0.25) is 0 Å². The Morgan fingerprint density at radius 3 is 2.57 bits per heavy atom. The average Bonchev–Trinajstić information content (AvgIpc) is 3.14. The molecule has 1 aliphatic heterocycles. The van der Waals surface area contributed by atoms with Crippen molar-refractivity contribution in [3.05, 3.63) is 70.7 Å². The standard InChI is InChI=1S/C22H20F3N3OS/c23-22(24,25)17-5-3-4-16(14-17)8-9-21(29)28-12-10-27(11-13-28)15-20-26-18-6-1-2-7-19(18)30-20/h1-9,14H,10-13,15H2/b9-8+. The van der Waals surface area contributed by atoms with Gasteiger partial charge in [-0.3, -0.25) is 9.69 Å². The van der Waals surface area contributed by atoms with Gasteiger partial charge in [0.05, 0.1) is 22.3 Å². The zero-order valence-electron chi connectivity index (χ0n) is 16.1. The van der Waals surface area contributed by atoms with Gasteiger partial charge in [-0.2, -0.15) is 13.2 Å². The number of hydrogen-bond acceptors (Lipinski definition) is 4. The van der Waals surface area contributed by atoms with Crippen molar-refractivity contribution in [2.75, 3.05) is 26.2 Å². The van der Waals surface area contributed by atoms with Crippen LogP contribution in [0.1, 0.15) is 16.1 Å². The Kier molecular flexibility index (Phi) is 5.87. The van der Waals surface area contributed by atoms with Gasteiger partial charge < -0.3 is 4.90 Å². The van der Waals surface area contributed by atoms with Gasteiger partial charge in [0.15, 0.2) is 0 Å². The Hall–Kier alpha value is -2.71. The first kappa shape index (κ1) is 20.6. The fourth-order valence-electron chi connectivity index (χ4n) is 3.40. The number of para-hydroxylation sites is 1. The summed E-state index contributed by atoms with van der Waals surface area (Å²) in [6, 6.07) is 13.0. The highest BCUT2D eigenvalue weighted by atomic mass is 32.1. The van der Waals surface area contributed by atoms with Crippen molar-refractivity contribution in [3.63, 3.8) is 0 Å². The van der Waals surface area contributed by atoms with Crippen LogP contribution < -0.4 is 0 Å². The molecule has 156 valence electrons. The molecule has 0 aliphatic carbocycles. The Balaban J connectivity index is 1.31. The first-order valence-electron chi connectivity index (χ1n) is 9.59. The fraction of sp³-hybridized carbons (Fsp3) is 0.273. The van der Waals surface area contributed by atoms with Gasteiger partial charge in [-0.1, -0.05) is 24.3 Å². The van der Waals surface area contributed by atoms with E-state index in [0.29, 0.717) is 18.7 Å². The third kappa shape index (κ3) is 4.88. The van der Waals surface area contributed by atoms with Gasteiger partial charge in [0.2, 0.25) is 5.91 Å². The van der Waals surface area contributed by atoms with Crippen molar-refractivity contribution in [2.24, 2.45) is 0 Å². The van der Waals surface area contributed by atoms with E-state index in [1.807, 2.05) is 18.2 Å². The first-order valence-corrected chi connectivity index (χ1v) is 10.4. The second-order valence-corrected chi connectivity index (χ2v) is 8.25. The highest BCUT2D eigenvalue weighted by molar-refractivity contribution is 7.18. The molecule has 4 rings (SSSR count). The van der Waals surface area contributed by atoms with E-state index in [4.69, 9.17) is 0 Å². The molecule has 1 amide bonds. The highest BCUT2D eigenvalue weighted by Crippen LogP contribution is 2.29. The van der Waals surface area contributed by atoms with E-state index in [1.165, 1.54) is 22.9 Å². The van der Waals surface area contributed by atoms with Gasteiger partial charge in [0, 0.05) is 32.3 Å². The van der Waals surface area contributed by atoms with Crippen LogP contribution in [0.25, 0.3) is 16.3 Å². The van der Waals surface area contributed by atoms with Crippen LogP contribution in [0.15, 0.2) is 54.6 Å². The van der Waals surface area contributed by atoms with E-state index in [2.05, 4.69) is 16.0 Å². The molecule has 0 unspecified atom stereocenters. The second kappa shape index (κ2) is 8.57. The van der Waals surface area contributed by atoms with Crippen LogP contribution in [0, 0.1) is 0 Å². The summed E-state index contributed by atoms with van der Waals surface area (Å²) in [5.41, 5.74) is 0.638. The highest BCUT2D eigenvalue weighted by Gasteiger charge is 2.30. The summed E-state index contributed by atoms with van der Waals surface area (Å²) in [5.74, 6) is -0.188. The van der Waals surface area contributed by atoms with Gasteiger partial charge >= 0.3 is 6.18 Å². The summed E-state index contributed by atoms with van der Waals surface area (Å²) in [6.45, 7) is 3.38. The van der Waals surface area contributed by atoms with Gasteiger partial charge in [-0.25, -0.2) is 4.98 Å². The molecule has 0 spiro atoms. The number of benzene rings is 2. The van der Waals surface area contributed by atoms with Crippen LogP contribution in [0.5, 0.6) is 0 Å². The van der Waals surface area contributed by atoms with Crippen molar-refractivity contribution in [1.29, 1.82) is 0 Å². The molecule has 0 radical (unpaired) electrons. The molecule has 4 nitrogen and oxygen atoms in total. The number of amides is 1. The third-order valence-electron chi connectivity index (χ3n) is 5.01. The summed E-state index contributed by atoms with van der Waals surface area (Å²) in [5, 5.41) is 1.06. The van der Waals surface area contributed by atoms with Crippen molar-refractivity contribution in [2.45, 2.75) is 12.7 Å². The maximum absolute atomic E-state index is 12.8. The Morgan fingerprint density at radius 1 is 1.07 bits per heavy atom. The Bertz CT molecular complexity index is 1040. The molecule has 0 N–H and O–H groups in total. The molecule has 2 heterocycles. The zero-order chi connectivity index (χ0) is 21.1. The lowest BCUT2D eigenvalue weighted by Gasteiger charge is -2.33. The molecule has 0 saturated carbocycles. The summed E-state index contributed by atoms with van der Waals surface area (Å²) in [4.78, 5) is 21.1. The van der Waals surface area contributed by atoms with E-state index in [0.717, 1.165) is 42.3 Å². The molecule has 1 aromatic heterocycles. The number of carbonyl (C=O) groups excluding carboxylic acids is 1. The van der Waals surface area contributed by atoms with E-state index in [-0.39, 0.29) is 5.91 Å². The normalized spacial score (nSPS) is 15.9. The molecule has 1 fully saturated rings. The molecule has 1 aliphatic rings. The van der Waals surface area contributed by atoms with Crippen LogP contribution in [-0.2, 0) is 17.5 Å². The molecule has 3 aromatic rings. The van der Waals surface area contributed by atoms with E-state index in [9.17, 15) is 18.0 Å². The van der Waals surface area contributed by atoms with Crippen molar-refractivity contribution in [3.8, 4) is 0 Å². The minimum Gasteiger partial charge on any atom is -0.337 e.